The molecule has 1 aromatic carbocycles. The van der Waals surface area contributed by atoms with E-state index in [1.54, 1.807) is 11.8 Å². The van der Waals surface area contributed by atoms with E-state index in [0.29, 0.717) is 31.6 Å². The van der Waals surface area contributed by atoms with Gasteiger partial charge in [-0.2, -0.15) is 0 Å². The number of rotatable bonds is 11. The van der Waals surface area contributed by atoms with Crippen LogP contribution in [0.15, 0.2) is 46.8 Å². The summed E-state index contributed by atoms with van der Waals surface area (Å²) in [5, 5.41) is 0.599. The Morgan fingerprint density at radius 3 is 2.27 bits per heavy atom. The topological polar surface area (TPSA) is 44.8 Å². The quantitative estimate of drug-likeness (QED) is 0.309. The molecule has 0 spiro atoms. The number of hydrogen-bond acceptors (Lipinski definition) is 5. The Hall–Kier alpha value is -0.740. The molecule has 0 radical (unpaired) electrons. The average molecular weight is 344 g/mol. The van der Waals surface area contributed by atoms with Gasteiger partial charge in [-0.25, -0.2) is 0 Å². The monoisotopic (exact) mass is 344 g/mol. The Balaban J connectivity index is 2.72. The van der Waals surface area contributed by atoms with Crippen LogP contribution in [0.5, 0.6) is 0 Å². The minimum atomic E-state index is -3.26. The van der Waals surface area contributed by atoms with Crippen molar-refractivity contribution in [2.75, 3.05) is 25.6 Å². The second-order valence-corrected chi connectivity index (χ2v) is 7.56. The summed E-state index contributed by atoms with van der Waals surface area (Å²) in [5.41, 5.74) is 0. The first-order chi connectivity index (χ1) is 10.7. The molecule has 0 heterocycles. The van der Waals surface area contributed by atoms with E-state index in [2.05, 4.69) is 12.1 Å². The predicted molar refractivity (Wildman–Crippen MR) is 92.4 cm³/mol. The Labute approximate surface area is 137 Å². The van der Waals surface area contributed by atoms with Crippen LogP contribution in [0, 0.1) is 0 Å². The van der Waals surface area contributed by atoms with E-state index in [-0.39, 0.29) is 0 Å². The van der Waals surface area contributed by atoms with Gasteiger partial charge in [0.15, 0.2) is 0 Å². The summed E-state index contributed by atoms with van der Waals surface area (Å²) >= 11 is 1.71. The van der Waals surface area contributed by atoms with Crippen molar-refractivity contribution in [1.29, 1.82) is 0 Å². The van der Waals surface area contributed by atoms with Gasteiger partial charge in [0, 0.05) is 10.6 Å². The molecule has 0 amide bonds. The molecule has 124 valence electrons. The molecule has 4 nitrogen and oxygen atoms in total. The first kappa shape index (κ1) is 19.3. The third kappa shape index (κ3) is 6.57. The Bertz CT molecular complexity index is 480. The van der Waals surface area contributed by atoms with Crippen LogP contribution in [-0.2, 0) is 18.3 Å². The van der Waals surface area contributed by atoms with Gasteiger partial charge >= 0.3 is 7.60 Å². The lowest BCUT2D eigenvalue weighted by Crippen LogP contribution is -2.01. The molecule has 0 N–H and O–H groups in total. The summed E-state index contributed by atoms with van der Waals surface area (Å²) in [7, 11) is -3.26. The van der Waals surface area contributed by atoms with Gasteiger partial charge in [-0.05, 0) is 39.3 Å². The van der Waals surface area contributed by atoms with Crippen molar-refractivity contribution in [2.24, 2.45) is 0 Å². The minimum absolute atomic E-state index is 0.340. The highest BCUT2D eigenvalue weighted by atomic mass is 32.2. The largest absolute Gasteiger partial charge is 0.501 e. The first-order valence-electron chi connectivity index (χ1n) is 7.54. The molecule has 0 aromatic heterocycles. The van der Waals surface area contributed by atoms with E-state index in [9.17, 15) is 4.57 Å². The van der Waals surface area contributed by atoms with Crippen LogP contribution in [0.2, 0.25) is 0 Å². The number of ether oxygens (including phenoxy) is 1. The molecular weight excluding hydrogens is 319 g/mol. The molecule has 0 bridgehead atoms. The SMILES string of the molecule is CCO/C=C(\CCSc1ccccc1)P(=O)(OCC)OCC. The van der Waals surface area contributed by atoms with Crippen LogP contribution < -0.4 is 0 Å². The van der Waals surface area contributed by atoms with Gasteiger partial charge in [-0.3, -0.25) is 4.57 Å². The Morgan fingerprint density at radius 2 is 1.73 bits per heavy atom. The summed E-state index contributed by atoms with van der Waals surface area (Å²) in [6.45, 7) is 6.71. The molecular formula is C16H25O4PS. The van der Waals surface area contributed by atoms with Crippen molar-refractivity contribution in [1.82, 2.24) is 0 Å². The minimum Gasteiger partial charge on any atom is -0.501 e. The van der Waals surface area contributed by atoms with Gasteiger partial charge in [0.2, 0.25) is 0 Å². The maximum atomic E-state index is 12.9. The highest BCUT2D eigenvalue weighted by Gasteiger charge is 2.29. The molecule has 1 aromatic rings. The van der Waals surface area contributed by atoms with Crippen LogP contribution in [0.3, 0.4) is 0 Å². The van der Waals surface area contributed by atoms with Gasteiger partial charge in [-0.1, -0.05) is 18.2 Å². The van der Waals surface area contributed by atoms with Crippen molar-refractivity contribution in [3.05, 3.63) is 41.9 Å². The Morgan fingerprint density at radius 1 is 1.09 bits per heavy atom. The van der Waals surface area contributed by atoms with E-state index in [1.165, 1.54) is 11.2 Å². The fourth-order valence-corrected chi connectivity index (χ4v) is 4.51. The summed E-state index contributed by atoms with van der Waals surface area (Å²) in [4.78, 5) is 1.18. The van der Waals surface area contributed by atoms with E-state index < -0.39 is 7.60 Å². The molecule has 0 saturated carbocycles. The fraction of sp³-hybridized carbons (Fsp3) is 0.500. The lowest BCUT2D eigenvalue weighted by Gasteiger charge is -2.19. The zero-order chi connectivity index (χ0) is 16.3. The van der Waals surface area contributed by atoms with Crippen LogP contribution in [0.1, 0.15) is 27.2 Å². The van der Waals surface area contributed by atoms with E-state index in [1.807, 2.05) is 39.0 Å². The number of hydrogen-bond donors (Lipinski definition) is 0. The molecule has 0 aliphatic heterocycles. The second-order valence-electron chi connectivity index (χ2n) is 4.31. The summed E-state index contributed by atoms with van der Waals surface area (Å²) < 4.78 is 29.0. The zero-order valence-corrected chi connectivity index (χ0v) is 15.2. The third-order valence-corrected chi connectivity index (χ3v) is 5.95. The summed E-state index contributed by atoms with van der Waals surface area (Å²) in [5.74, 6) is 0.785. The van der Waals surface area contributed by atoms with Crippen LogP contribution in [0.4, 0.5) is 0 Å². The third-order valence-electron chi connectivity index (χ3n) is 2.71. The van der Waals surface area contributed by atoms with Crippen LogP contribution >= 0.6 is 19.4 Å². The number of allylic oxidation sites excluding steroid dienone is 1. The number of benzene rings is 1. The maximum Gasteiger partial charge on any atom is 0.360 e. The Kier molecular flexibility index (Phi) is 9.56. The molecule has 6 heteroatoms. The van der Waals surface area contributed by atoms with Gasteiger partial charge in [0.05, 0.1) is 31.4 Å². The van der Waals surface area contributed by atoms with Crippen molar-refractivity contribution >= 4 is 19.4 Å². The van der Waals surface area contributed by atoms with Crippen molar-refractivity contribution < 1.29 is 18.3 Å². The van der Waals surface area contributed by atoms with E-state index >= 15 is 0 Å². The van der Waals surface area contributed by atoms with Gasteiger partial charge in [0.1, 0.15) is 0 Å². The van der Waals surface area contributed by atoms with Crippen molar-refractivity contribution in [3.8, 4) is 0 Å². The van der Waals surface area contributed by atoms with E-state index in [4.69, 9.17) is 13.8 Å². The molecule has 0 atom stereocenters. The molecule has 0 aliphatic carbocycles. The first-order valence-corrected chi connectivity index (χ1v) is 10.1. The number of thioether (sulfide) groups is 1. The second kappa shape index (κ2) is 10.9. The molecule has 0 aliphatic rings. The highest BCUT2D eigenvalue weighted by molar-refractivity contribution is 7.99. The predicted octanol–water partition coefficient (Wildman–Crippen LogP) is 5.31. The molecule has 22 heavy (non-hydrogen) atoms. The van der Waals surface area contributed by atoms with Crippen molar-refractivity contribution in [2.45, 2.75) is 32.1 Å². The summed E-state index contributed by atoms with van der Waals surface area (Å²) in [6, 6.07) is 10.1. The fourth-order valence-electron chi connectivity index (χ4n) is 1.77. The highest BCUT2D eigenvalue weighted by Crippen LogP contribution is 2.57. The molecule has 0 unspecified atom stereocenters. The van der Waals surface area contributed by atoms with E-state index in [0.717, 1.165) is 5.75 Å². The smallest absolute Gasteiger partial charge is 0.360 e. The average Bonchev–Trinajstić information content (AvgIpc) is 2.52. The lowest BCUT2D eigenvalue weighted by molar-refractivity contribution is 0.221. The van der Waals surface area contributed by atoms with Crippen molar-refractivity contribution in [3.63, 3.8) is 0 Å². The molecule has 1 rings (SSSR count). The summed E-state index contributed by atoms with van der Waals surface area (Å²) in [6.07, 6.45) is 2.13. The van der Waals surface area contributed by atoms with Crippen LogP contribution in [0.25, 0.3) is 0 Å². The normalized spacial score (nSPS) is 12.4. The van der Waals surface area contributed by atoms with Gasteiger partial charge < -0.3 is 13.8 Å². The maximum absolute atomic E-state index is 12.9. The standard InChI is InChI=1S/C16H25O4PS/c1-4-18-14-15(21(17,19-5-2)20-6-3)12-13-22-16-10-8-7-9-11-16/h7-11,14H,4-6,12-13H2,1-3H3/b15-14+. The van der Waals surface area contributed by atoms with Gasteiger partial charge in [0.25, 0.3) is 0 Å². The van der Waals surface area contributed by atoms with Crippen LogP contribution in [-0.4, -0.2) is 25.6 Å². The molecule has 0 fully saturated rings. The lowest BCUT2D eigenvalue weighted by atomic mass is 10.4. The molecule has 0 saturated heterocycles. The van der Waals surface area contributed by atoms with Gasteiger partial charge in [-0.15, -0.1) is 11.8 Å². The zero-order valence-electron chi connectivity index (χ0n) is 13.5.